The first-order valence-corrected chi connectivity index (χ1v) is 18.4. The molecule has 9 nitrogen and oxygen atoms in total. The molecule has 0 amide bonds. The molecule has 0 atom stereocenters. The van der Waals surface area contributed by atoms with Crippen LogP contribution in [0.5, 0.6) is 0 Å². The Morgan fingerprint density at radius 3 is 0.826 bits per heavy atom. The van der Waals surface area contributed by atoms with E-state index in [-0.39, 0.29) is 154 Å². The molecule has 0 unspecified atom stereocenters. The third-order valence-electron chi connectivity index (χ3n) is 5.17. The van der Waals surface area contributed by atoms with Crippen LogP contribution in [0.15, 0.2) is 35.5 Å². The Morgan fingerprint density at radius 2 is 0.630 bits per heavy atom. The summed E-state index contributed by atoms with van der Waals surface area (Å²) in [5, 5.41) is -12.9. The van der Waals surface area contributed by atoms with Crippen LogP contribution in [0.25, 0.3) is 5.57 Å². The summed E-state index contributed by atoms with van der Waals surface area (Å²) in [4.78, 5) is -2.59. The van der Waals surface area contributed by atoms with Gasteiger partial charge in [0.1, 0.15) is 30.4 Å². The number of benzene rings is 2. The van der Waals surface area contributed by atoms with Crippen molar-refractivity contribution in [2.45, 2.75) is 9.79 Å². The largest absolute Gasteiger partial charge is 1.00 e. The van der Waals surface area contributed by atoms with Crippen molar-refractivity contribution in [1.82, 2.24) is 0 Å². The van der Waals surface area contributed by atoms with Crippen molar-refractivity contribution in [3.63, 3.8) is 0 Å². The molecule has 27 heteroatoms. The predicted molar refractivity (Wildman–Crippen MR) is 165 cm³/mol. The fourth-order valence-corrected chi connectivity index (χ4v) is 10.6. The van der Waals surface area contributed by atoms with E-state index in [1.54, 1.807) is 0 Å². The van der Waals surface area contributed by atoms with Gasteiger partial charge in [0.15, 0.2) is 5.25 Å². The third kappa shape index (κ3) is 10.2. The van der Waals surface area contributed by atoms with Crippen LogP contribution in [0.4, 0.5) is 0 Å². The van der Waals surface area contributed by atoms with Crippen LogP contribution in [-0.2, 0) is 30.4 Å². The van der Waals surface area contributed by atoms with E-state index in [1.165, 1.54) is 0 Å². The molecule has 0 N–H and O–H groups in total. The van der Waals surface area contributed by atoms with Crippen LogP contribution < -0.4 is 154 Å². The zero-order valence-corrected chi connectivity index (χ0v) is 42.8. The average Bonchev–Trinajstić information content (AvgIpc) is 2.83. The predicted octanol–water partition coefficient (Wildman–Crippen LogP) is 0.00509. The summed E-state index contributed by atoms with van der Waals surface area (Å²) < 4.78 is 107. The molecule has 1 aliphatic rings. The molecule has 0 aromatic heterocycles. The zero-order valence-electron chi connectivity index (χ0n) is 21.9. The summed E-state index contributed by atoms with van der Waals surface area (Å²) in [6.07, 6.45) is 0. The maximum atomic E-state index is 11.9. The van der Waals surface area contributed by atoms with Gasteiger partial charge in [0.2, 0.25) is 0 Å². The van der Waals surface area contributed by atoms with Gasteiger partial charge < -0.3 is 13.7 Å². The standard InChI is InChI=1S/C19H3Cl12O9S3.3K/c20-5-2(6(21)12(27)17(11(5)26)41(32,33)34)1(3-7(22)13(28)18(42(35,36)37)14(29)8(3)23)4-9(24)15(30)19(43(38,39)40)16(31)10(4)25;;;/h(H,32,33,34)(H,35,36,37)(H,38,39,40);;;/q;3*+1/p-3. The smallest absolute Gasteiger partial charge is 0.747 e. The number of halogens is 12. The Balaban J connectivity index is 0.00000675. The van der Waals surface area contributed by atoms with Gasteiger partial charge in [-0.25, -0.2) is 25.3 Å². The molecule has 1 radical (unpaired) electrons. The second-order valence-corrected chi connectivity index (χ2v) is 16.1. The number of hydrogen-bond donors (Lipinski definition) is 0. The number of hydrogen-bond acceptors (Lipinski definition) is 9. The van der Waals surface area contributed by atoms with E-state index in [0.717, 1.165) is 0 Å². The molecular formula is C19Cl12K3O9S3. The van der Waals surface area contributed by atoms with Crippen molar-refractivity contribution in [3.05, 3.63) is 82.3 Å². The van der Waals surface area contributed by atoms with Crippen LogP contribution in [0.2, 0.25) is 40.2 Å². The fourth-order valence-electron chi connectivity index (χ4n) is 3.53. The summed E-state index contributed by atoms with van der Waals surface area (Å²) in [7, 11) is -16.4. The van der Waals surface area contributed by atoms with E-state index in [0.29, 0.717) is 0 Å². The van der Waals surface area contributed by atoms with Gasteiger partial charge in [0.25, 0.3) is 0 Å². The van der Waals surface area contributed by atoms with E-state index in [2.05, 4.69) is 0 Å². The van der Waals surface area contributed by atoms with E-state index in [9.17, 15) is 38.9 Å². The van der Waals surface area contributed by atoms with Crippen LogP contribution in [0.3, 0.4) is 0 Å². The summed E-state index contributed by atoms with van der Waals surface area (Å²) in [6, 6.07) is 0. The number of allylic oxidation sites excluding steroid dienone is 3. The molecule has 46 heavy (non-hydrogen) atoms. The quantitative estimate of drug-likeness (QED) is 0.228. The Morgan fingerprint density at radius 1 is 0.391 bits per heavy atom. The Kier molecular flexibility index (Phi) is 21.7. The second kappa shape index (κ2) is 19.3. The zero-order chi connectivity index (χ0) is 33.5. The first kappa shape index (κ1) is 51.8. The Labute approximate surface area is 449 Å². The first-order valence-electron chi connectivity index (χ1n) is 9.63. The minimum atomic E-state index is -5.47. The molecule has 235 valence electrons. The Hall–Kier alpha value is 5.78. The molecule has 0 bridgehead atoms. The van der Waals surface area contributed by atoms with Gasteiger partial charge in [-0.3, -0.25) is 0 Å². The van der Waals surface area contributed by atoms with Crippen molar-refractivity contribution in [3.8, 4) is 0 Å². The van der Waals surface area contributed by atoms with Crippen molar-refractivity contribution >= 4 is 175 Å². The van der Waals surface area contributed by atoms with Gasteiger partial charge in [-0.15, -0.1) is 0 Å². The molecule has 0 spiro atoms. The molecule has 0 saturated heterocycles. The SMILES string of the molecule is O=S(=O)([O-])[C]1C(Cl)=C(Cl)C(=C(c2c(Cl)c(Cl)c(S(=O)(=O)[O-])c(Cl)c2Cl)c2c(Cl)c(Cl)c(S(=O)(=O)[O-])c(Cl)c2Cl)C(Cl)=C1Cl.[K+].[K+].[K+]. The van der Waals surface area contributed by atoms with Gasteiger partial charge in [-0.1, -0.05) is 139 Å². The summed E-state index contributed by atoms with van der Waals surface area (Å²) >= 11 is 74.7. The molecule has 3 rings (SSSR count). The monoisotopic (exact) mass is 1000 g/mol. The maximum Gasteiger partial charge on any atom is 1.00 e. The molecule has 0 saturated carbocycles. The summed E-state index contributed by atoms with van der Waals surface area (Å²) in [6.45, 7) is 0. The maximum absolute atomic E-state index is 11.9. The second-order valence-electron chi connectivity index (χ2n) is 7.62. The van der Waals surface area contributed by atoms with Gasteiger partial charge in [-0.2, -0.15) is 0 Å². The molecular weight excluding hydrogens is 1010 g/mol. The molecule has 2 aromatic rings. The molecule has 1 aliphatic carbocycles. The van der Waals surface area contributed by atoms with E-state index >= 15 is 0 Å². The normalized spacial score (nSPS) is 14.5. The average molecular weight is 1010 g/mol. The summed E-state index contributed by atoms with van der Waals surface area (Å²) in [5.74, 6) is 0. The molecule has 0 heterocycles. The first-order chi connectivity index (χ1) is 19.3. The molecule has 0 aliphatic heterocycles. The van der Waals surface area contributed by atoms with Crippen molar-refractivity contribution < 1.29 is 193 Å². The van der Waals surface area contributed by atoms with Gasteiger partial charge >= 0.3 is 154 Å². The minimum Gasteiger partial charge on any atom is -0.747 e. The third-order valence-corrected chi connectivity index (χ3v) is 13.7. The van der Waals surface area contributed by atoms with E-state index < -0.39 is 128 Å². The van der Waals surface area contributed by atoms with Crippen molar-refractivity contribution in [2.75, 3.05) is 0 Å². The Bertz CT molecular complexity index is 1900. The van der Waals surface area contributed by atoms with Gasteiger partial charge in [0, 0.05) is 22.3 Å². The van der Waals surface area contributed by atoms with Crippen LogP contribution >= 0.6 is 139 Å². The number of rotatable bonds is 5. The van der Waals surface area contributed by atoms with Crippen LogP contribution in [0, 0.1) is 5.25 Å². The van der Waals surface area contributed by atoms with Crippen LogP contribution in [-0.4, -0.2) is 38.9 Å². The van der Waals surface area contributed by atoms with Gasteiger partial charge in [0.05, 0.1) is 70.1 Å². The van der Waals surface area contributed by atoms with E-state index in [4.69, 9.17) is 139 Å². The molecule has 0 fully saturated rings. The van der Waals surface area contributed by atoms with Gasteiger partial charge in [-0.05, 0) is 0 Å². The van der Waals surface area contributed by atoms with Crippen molar-refractivity contribution in [1.29, 1.82) is 0 Å². The van der Waals surface area contributed by atoms with Crippen molar-refractivity contribution in [2.24, 2.45) is 0 Å². The minimum absolute atomic E-state index is 0. The van der Waals surface area contributed by atoms with Crippen LogP contribution in [0.1, 0.15) is 11.1 Å². The summed E-state index contributed by atoms with van der Waals surface area (Å²) in [5.41, 5.74) is -2.94. The van der Waals surface area contributed by atoms with E-state index in [1.807, 2.05) is 0 Å². The molecule has 2 aromatic carbocycles. The topological polar surface area (TPSA) is 172 Å². The fraction of sp³-hybridized carbons (Fsp3) is 0.